The van der Waals surface area contributed by atoms with Gasteiger partial charge in [0, 0.05) is 25.7 Å². The van der Waals surface area contributed by atoms with Crippen molar-refractivity contribution in [3.63, 3.8) is 0 Å². The van der Waals surface area contributed by atoms with Crippen molar-refractivity contribution in [2.45, 2.75) is 32.5 Å². The van der Waals surface area contributed by atoms with Crippen molar-refractivity contribution < 1.29 is 18.7 Å². The summed E-state index contributed by atoms with van der Waals surface area (Å²) in [4.78, 5) is 15.1. The monoisotopic (exact) mass is 435 g/mol. The van der Waals surface area contributed by atoms with E-state index in [1.54, 1.807) is 18.2 Å². The maximum atomic E-state index is 13.1. The molecule has 1 aliphatic rings. The smallest absolute Gasteiger partial charge is 0.255 e. The van der Waals surface area contributed by atoms with Gasteiger partial charge in [0.05, 0.1) is 41.6 Å². The van der Waals surface area contributed by atoms with E-state index in [1.165, 1.54) is 18.2 Å². The normalized spacial score (nSPS) is 18.1. The molecule has 3 rings (SSSR count). The predicted octanol–water partition coefficient (Wildman–Crippen LogP) is 3.48. The highest BCUT2D eigenvalue weighted by Crippen LogP contribution is 2.29. The number of hydrogen-bond acceptors (Lipinski definition) is 5. The Kier molecular flexibility index (Phi) is 7.53. The van der Waals surface area contributed by atoms with Gasteiger partial charge in [-0.1, -0.05) is 23.7 Å². The Labute approximate surface area is 181 Å². The summed E-state index contributed by atoms with van der Waals surface area (Å²) in [5.41, 5.74) is 7.56. The molecule has 0 aromatic heterocycles. The van der Waals surface area contributed by atoms with Gasteiger partial charge in [0.15, 0.2) is 0 Å². The molecular formula is C22H27ClFN3O3. The lowest BCUT2D eigenvalue weighted by molar-refractivity contribution is -0.0449. The topological polar surface area (TPSA) is 76.8 Å². The molecule has 30 heavy (non-hydrogen) atoms. The maximum Gasteiger partial charge on any atom is 0.255 e. The van der Waals surface area contributed by atoms with E-state index in [-0.39, 0.29) is 23.9 Å². The number of benzene rings is 2. The number of nitrogen functional groups attached to an aromatic ring is 1. The van der Waals surface area contributed by atoms with Crippen LogP contribution in [-0.4, -0.2) is 49.3 Å². The predicted molar refractivity (Wildman–Crippen MR) is 115 cm³/mol. The van der Waals surface area contributed by atoms with Crippen LogP contribution < -0.4 is 15.8 Å². The van der Waals surface area contributed by atoms with E-state index in [9.17, 15) is 9.18 Å². The second kappa shape index (κ2) is 10.1. The summed E-state index contributed by atoms with van der Waals surface area (Å²) in [6, 6.07) is 9.34. The highest BCUT2D eigenvalue weighted by atomic mass is 35.5. The van der Waals surface area contributed by atoms with Gasteiger partial charge in [-0.2, -0.15) is 0 Å². The molecule has 2 aromatic carbocycles. The summed E-state index contributed by atoms with van der Waals surface area (Å²) < 4.78 is 24.6. The van der Waals surface area contributed by atoms with E-state index in [0.29, 0.717) is 48.3 Å². The Morgan fingerprint density at radius 1 is 1.40 bits per heavy atom. The Balaban J connectivity index is 1.63. The van der Waals surface area contributed by atoms with Crippen molar-refractivity contribution in [2.75, 3.05) is 32.0 Å². The fraction of sp³-hybridized carbons (Fsp3) is 0.409. The van der Waals surface area contributed by atoms with Crippen molar-refractivity contribution in [1.29, 1.82) is 0 Å². The molecule has 8 heteroatoms. The Morgan fingerprint density at radius 2 is 2.13 bits per heavy atom. The molecule has 1 heterocycles. The zero-order valence-corrected chi connectivity index (χ0v) is 17.9. The highest BCUT2D eigenvalue weighted by Gasteiger charge is 2.27. The lowest BCUT2D eigenvalue weighted by Gasteiger charge is -2.36. The molecule has 1 saturated heterocycles. The molecule has 0 radical (unpaired) electrons. The lowest BCUT2D eigenvalue weighted by atomic mass is 10.1. The second-order valence-corrected chi connectivity index (χ2v) is 7.74. The van der Waals surface area contributed by atoms with Gasteiger partial charge in [-0.3, -0.25) is 9.69 Å². The number of ether oxygens (including phenoxy) is 2. The SMILES string of the molecule is CCOc1cc(N)c(Cl)cc1C(=O)NC(C)C1CN(Cc2ccc(F)cc2)CCO1. The molecule has 0 saturated carbocycles. The maximum absolute atomic E-state index is 13.1. The average molecular weight is 436 g/mol. The molecule has 1 fully saturated rings. The summed E-state index contributed by atoms with van der Waals surface area (Å²) >= 11 is 6.11. The molecule has 162 valence electrons. The van der Waals surface area contributed by atoms with Crippen LogP contribution in [0.1, 0.15) is 29.8 Å². The summed E-state index contributed by atoms with van der Waals surface area (Å²) in [6.07, 6.45) is -0.178. The first-order valence-electron chi connectivity index (χ1n) is 9.98. The summed E-state index contributed by atoms with van der Waals surface area (Å²) in [6.45, 7) is 6.83. The fourth-order valence-electron chi connectivity index (χ4n) is 3.42. The third kappa shape index (κ3) is 5.62. The first kappa shape index (κ1) is 22.3. The van der Waals surface area contributed by atoms with Crippen LogP contribution >= 0.6 is 11.6 Å². The van der Waals surface area contributed by atoms with Crippen molar-refractivity contribution in [2.24, 2.45) is 0 Å². The third-order valence-corrected chi connectivity index (χ3v) is 5.38. The van der Waals surface area contributed by atoms with E-state index < -0.39 is 0 Å². The van der Waals surface area contributed by atoms with Crippen LogP contribution in [0.3, 0.4) is 0 Å². The number of nitrogens with one attached hydrogen (secondary N) is 1. The highest BCUT2D eigenvalue weighted by molar-refractivity contribution is 6.33. The quantitative estimate of drug-likeness (QED) is 0.651. The summed E-state index contributed by atoms with van der Waals surface area (Å²) in [5, 5.41) is 3.29. The van der Waals surface area contributed by atoms with Gasteiger partial charge in [-0.25, -0.2) is 4.39 Å². The van der Waals surface area contributed by atoms with E-state index in [4.69, 9.17) is 26.8 Å². The van der Waals surface area contributed by atoms with Crippen molar-refractivity contribution in [1.82, 2.24) is 10.2 Å². The minimum absolute atomic E-state index is 0.178. The van der Waals surface area contributed by atoms with Crippen LogP contribution in [0, 0.1) is 5.82 Å². The van der Waals surface area contributed by atoms with Crippen LogP contribution in [0.4, 0.5) is 10.1 Å². The van der Waals surface area contributed by atoms with E-state index >= 15 is 0 Å². The van der Waals surface area contributed by atoms with E-state index in [1.807, 2.05) is 13.8 Å². The molecule has 1 aliphatic heterocycles. The van der Waals surface area contributed by atoms with Crippen LogP contribution in [0.25, 0.3) is 0 Å². The molecule has 3 N–H and O–H groups in total. The number of anilines is 1. The third-order valence-electron chi connectivity index (χ3n) is 5.06. The van der Waals surface area contributed by atoms with Gasteiger partial charge >= 0.3 is 0 Å². The summed E-state index contributed by atoms with van der Waals surface area (Å²) in [7, 11) is 0. The zero-order valence-electron chi connectivity index (χ0n) is 17.2. The number of nitrogens with zero attached hydrogens (tertiary/aromatic N) is 1. The number of carbonyl (C=O) groups is 1. The number of nitrogens with two attached hydrogens (primary N) is 1. The van der Waals surface area contributed by atoms with Gasteiger partial charge in [0.2, 0.25) is 0 Å². The van der Waals surface area contributed by atoms with Gasteiger partial charge in [-0.05, 0) is 37.6 Å². The minimum atomic E-state index is -0.299. The zero-order chi connectivity index (χ0) is 21.7. The average Bonchev–Trinajstić information content (AvgIpc) is 2.72. The van der Waals surface area contributed by atoms with Gasteiger partial charge < -0.3 is 20.5 Å². The Morgan fingerprint density at radius 3 is 2.83 bits per heavy atom. The number of hydrogen-bond donors (Lipinski definition) is 2. The number of morpholine rings is 1. The number of halogens is 2. The molecule has 0 aliphatic carbocycles. The lowest BCUT2D eigenvalue weighted by Crippen LogP contribution is -2.52. The van der Waals surface area contributed by atoms with Crippen LogP contribution in [0.15, 0.2) is 36.4 Å². The molecule has 0 bridgehead atoms. The van der Waals surface area contributed by atoms with Gasteiger partial charge in [0.1, 0.15) is 11.6 Å². The minimum Gasteiger partial charge on any atom is -0.493 e. The molecule has 2 aromatic rings. The number of rotatable bonds is 7. The van der Waals surface area contributed by atoms with Crippen molar-refractivity contribution >= 4 is 23.2 Å². The first-order valence-corrected chi connectivity index (χ1v) is 10.4. The van der Waals surface area contributed by atoms with Crippen LogP contribution in [0.5, 0.6) is 5.75 Å². The molecule has 6 nitrogen and oxygen atoms in total. The second-order valence-electron chi connectivity index (χ2n) is 7.34. The molecule has 2 unspecified atom stereocenters. The van der Waals surface area contributed by atoms with E-state index in [2.05, 4.69) is 10.2 Å². The Bertz CT molecular complexity index is 879. The summed E-state index contributed by atoms with van der Waals surface area (Å²) in [5.74, 6) is -0.150. The van der Waals surface area contributed by atoms with Gasteiger partial charge in [0.25, 0.3) is 5.91 Å². The van der Waals surface area contributed by atoms with Crippen LogP contribution in [-0.2, 0) is 11.3 Å². The molecule has 1 amide bonds. The van der Waals surface area contributed by atoms with E-state index in [0.717, 1.165) is 12.1 Å². The molecular weight excluding hydrogens is 409 g/mol. The molecule has 0 spiro atoms. The van der Waals surface area contributed by atoms with Crippen molar-refractivity contribution in [3.05, 3.63) is 58.4 Å². The first-order chi connectivity index (χ1) is 14.4. The largest absolute Gasteiger partial charge is 0.493 e. The fourth-order valence-corrected chi connectivity index (χ4v) is 3.59. The van der Waals surface area contributed by atoms with Crippen LogP contribution in [0.2, 0.25) is 5.02 Å². The standard InChI is InChI=1S/C22H27ClFN3O3/c1-3-29-20-11-19(25)18(23)10-17(20)22(28)26-14(2)21-13-27(8-9-30-21)12-15-4-6-16(24)7-5-15/h4-7,10-11,14,21H,3,8-9,12-13,25H2,1-2H3,(H,26,28). The number of amides is 1. The molecule has 2 atom stereocenters. The Hall–Kier alpha value is -2.35. The van der Waals surface area contributed by atoms with Gasteiger partial charge in [-0.15, -0.1) is 0 Å². The number of carbonyl (C=O) groups excluding carboxylic acids is 1. The van der Waals surface area contributed by atoms with Crippen molar-refractivity contribution in [3.8, 4) is 5.75 Å².